The number of fused-ring (bicyclic) bond motifs is 1. The van der Waals surface area contributed by atoms with Crippen LogP contribution in [-0.2, 0) is 14.4 Å². The van der Waals surface area contributed by atoms with Crippen LogP contribution < -0.4 is 10.6 Å². The number of benzene rings is 1. The number of imide groups is 1. The Morgan fingerprint density at radius 1 is 1.33 bits per heavy atom. The third-order valence-corrected chi connectivity index (χ3v) is 4.07. The summed E-state index contributed by atoms with van der Waals surface area (Å²) < 4.78 is 0. The van der Waals surface area contributed by atoms with E-state index < -0.39 is 36.0 Å². The number of anilines is 1. The fourth-order valence-electron chi connectivity index (χ4n) is 3.00. The molecular formula is C15H15N3O6. The zero-order valence-corrected chi connectivity index (χ0v) is 12.5. The molecule has 9 nitrogen and oxygen atoms in total. The van der Waals surface area contributed by atoms with E-state index in [4.69, 9.17) is 5.11 Å². The summed E-state index contributed by atoms with van der Waals surface area (Å²) in [5, 5.41) is 24.1. The molecule has 0 spiro atoms. The summed E-state index contributed by atoms with van der Waals surface area (Å²) in [6, 6.07) is 3.65. The minimum Gasteiger partial charge on any atom is -0.480 e. The molecule has 2 aliphatic heterocycles. The van der Waals surface area contributed by atoms with Gasteiger partial charge in [0, 0.05) is 23.2 Å². The van der Waals surface area contributed by atoms with Crippen molar-refractivity contribution in [2.24, 2.45) is 0 Å². The Bertz CT molecular complexity index is 747. The van der Waals surface area contributed by atoms with Gasteiger partial charge in [-0.05, 0) is 18.6 Å². The maximum Gasteiger partial charge on any atom is 0.322 e. The zero-order chi connectivity index (χ0) is 17.4. The van der Waals surface area contributed by atoms with Crippen molar-refractivity contribution in [2.75, 3.05) is 11.9 Å². The number of hydrogen-bond donors (Lipinski definition) is 4. The van der Waals surface area contributed by atoms with Gasteiger partial charge in [-0.15, -0.1) is 0 Å². The Morgan fingerprint density at radius 3 is 2.75 bits per heavy atom. The molecule has 2 unspecified atom stereocenters. The normalized spacial score (nSPS) is 23.0. The Morgan fingerprint density at radius 2 is 2.08 bits per heavy atom. The standard InChI is InChI=1S/C15H15N3O6/c19-10-5-4-9(13(22)17-10)18-14(23)7-2-1-3-8(12(7)15(18)24)16-6-11(20)21/h1-3,9,15-16,24H,4-6H2,(H,20,21)(H,17,19,22). The van der Waals surface area contributed by atoms with Crippen molar-refractivity contribution in [3.8, 4) is 0 Å². The molecule has 126 valence electrons. The van der Waals surface area contributed by atoms with Crippen LogP contribution in [0.1, 0.15) is 35.0 Å². The number of carboxylic acid groups (broad SMARTS) is 1. The lowest BCUT2D eigenvalue weighted by Crippen LogP contribution is -2.53. The highest BCUT2D eigenvalue weighted by atomic mass is 16.4. The SMILES string of the molecule is O=C(O)CNc1cccc2c1C(O)N(C1CCC(=O)NC1=O)C2=O. The summed E-state index contributed by atoms with van der Waals surface area (Å²) in [6.07, 6.45) is -1.19. The molecule has 0 aliphatic carbocycles. The van der Waals surface area contributed by atoms with Crippen LogP contribution in [0.2, 0.25) is 0 Å². The molecule has 2 atom stereocenters. The van der Waals surface area contributed by atoms with Gasteiger partial charge in [0.05, 0.1) is 0 Å². The number of nitrogens with zero attached hydrogens (tertiary/aromatic N) is 1. The predicted molar refractivity (Wildman–Crippen MR) is 79.9 cm³/mol. The fraction of sp³-hybridized carbons (Fsp3) is 0.333. The molecule has 1 saturated heterocycles. The van der Waals surface area contributed by atoms with Crippen molar-refractivity contribution in [1.29, 1.82) is 0 Å². The molecule has 0 aromatic heterocycles. The number of carbonyl (C=O) groups excluding carboxylic acids is 3. The van der Waals surface area contributed by atoms with Gasteiger partial charge in [-0.2, -0.15) is 0 Å². The Balaban J connectivity index is 1.92. The van der Waals surface area contributed by atoms with Gasteiger partial charge in [0.25, 0.3) is 5.91 Å². The van der Waals surface area contributed by atoms with Gasteiger partial charge in [-0.3, -0.25) is 29.4 Å². The summed E-state index contributed by atoms with van der Waals surface area (Å²) in [4.78, 5) is 47.6. The second-order valence-electron chi connectivity index (χ2n) is 5.57. The van der Waals surface area contributed by atoms with Gasteiger partial charge in [0.2, 0.25) is 11.8 Å². The van der Waals surface area contributed by atoms with E-state index in [1.807, 2.05) is 0 Å². The number of aliphatic hydroxyl groups excluding tert-OH is 1. The van der Waals surface area contributed by atoms with Gasteiger partial charge >= 0.3 is 5.97 Å². The number of piperidine rings is 1. The number of carboxylic acids is 1. The van der Waals surface area contributed by atoms with E-state index in [0.717, 1.165) is 4.90 Å². The Hall–Kier alpha value is -2.94. The minimum absolute atomic E-state index is 0.0768. The van der Waals surface area contributed by atoms with E-state index in [2.05, 4.69) is 10.6 Å². The first-order valence-corrected chi connectivity index (χ1v) is 7.33. The molecule has 9 heteroatoms. The summed E-state index contributed by atoms with van der Waals surface area (Å²) in [6.45, 7) is -0.379. The van der Waals surface area contributed by atoms with Crippen molar-refractivity contribution in [3.05, 3.63) is 29.3 Å². The van der Waals surface area contributed by atoms with Crippen LogP contribution in [0.5, 0.6) is 0 Å². The number of aliphatic carboxylic acids is 1. The van der Waals surface area contributed by atoms with E-state index in [9.17, 15) is 24.3 Å². The van der Waals surface area contributed by atoms with Crippen LogP contribution in [0.25, 0.3) is 0 Å². The Labute approximate surface area is 136 Å². The maximum absolute atomic E-state index is 12.6. The summed E-state index contributed by atoms with van der Waals surface area (Å²) in [7, 11) is 0. The third-order valence-electron chi connectivity index (χ3n) is 4.07. The fourth-order valence-corrected chi connectivity index (χ4v) is 3.00. The largest absolute Gasteiger partial charge is 0.480 e. The summed E-state index contributed by atoms with van der Waals surface area (Å²) >= 11 is 0. The molecule has 1 fully saturated rings. The van der Waals surface area contributed by atoms with E-state index >= 15 is 0 Å². The highest BCUT2D eigenvalue weighted by Crippen LogP contribution is 2.39. The molecule has 2 heterocycles. The van der Waals surface area contributed by atoms with Gasteiger partial charge in [0.15, 0.2) is 6.23 Å². The quantitative estimate of drug-likeness (QED) is 0.542. The van der Waals surface area contributed by atoms with Gasteiger partial charge in [-0.1, -0.05) is 6.07 Å². The Kier molecular flexibility index (Phi) is 3.94. The first kappa shape index (κ1) is 15.9. The average Bonchev–Trinajstić information content (AvgIpc) is 2.78. The lowest BCUT2D eigenvalue weighted by molar-refractivity contribution is -0.139. The van der Waals surface area contributed by atoms with Gasteiger partial charge in [-0.25, -0.2) is 0 Å². The highest BCUT2D eigenvalue weighted by molar-refractivity contribution is 6.06. The molecule has 1 aromatic carbocycles. The van der Waals surface area contributed by atoms with Crippen molar-refractivity contribution in [2.45, 2.75) is 25.1 Å². The molecule has 1 aromatic rings. The third kappa shape index (κ3) is 2.58. The van der Waals surface area contributed by atoms with Crippen LogP contribution in [0.4, 0.5) is 5.69 Å². The predicted octanol–water partition coefficient (Wildman–Crippen LogP) is -0.565. The molecule has 3 rings (SSSR count). The van der Waals surface area contributed by atoms with E-state index in [-0.39, 0.29) is 30.5 Å². The van der Waals surface area contributed by atoms with E-state index in [0.29, 0.717) is 5.69 Å². The average molecular weight is 333 g/mol. The summed E-state index contributed by atoms with van der Waals surface area (Å²) in [5.74, 6) is -2.68. The molecule has 2 aliphatic rings. The molecule has 24 heavy (non-hydrogen) atoms. The first-order valence-electron chi connectivity index (χ1n) is 7.33. The summed E-state index contributed by atoms with van der Waals surface area (Å²) in [5.41, 5.74) is 0.738. The highest BCUT2D eigenvalue weighted by Gasteiger charge is 2.45. The van der Waals surface area contributed by atoms with Crippen LogP contribution in [0, 0.1) is 0 Å². The molecular weight excluding hydrogens is 318 g/mol. The number of carbonyl (C=O) groups is 4. The van der Waals surface area contributed by atoms with Crippen molar-refractivity contribution in [1.82, 2.24) is 10.2 Å². The number of aliphatic hydroxyl groups is 1. The molecule has 3 amide bonds. The second kappa shape index (κ2) is 5.93. The zero-order valence-electron chi connectivity index (χ0n) is 12.5. The monoisotopic (exact) mass is 333 g/mol. The molecule has 0 saturated carbocycles. The van der Waals surface area contributed by atoms with Crippen molar-refractivity contribution >= 4 is 29.4 Å². The number of amides is 3. The van der Waals surface area contributed by atoms with E-state index in [1.54, 1.807) is 12.1 Å². The van der Waals surface area contributed by atoms with Crippen LogP contribution in [0.15, 0.2) is 18.2 Å². The minimum atomic E-state index is -1.39. The number of rotatable bonds is 4. The number of hydrogen-bond acceptors (Lipinski definition) is 6. The molecule has 0 bridgehead atoms. The van der Waals surface area contributed by atoms with Crippen LogP contribution in [-0.4, -0.2) is 51.4 Å². The topological polar surface area (TPSA) is 136 Å². The van der Waals surface area contributed by atoms with Crippen LogP contribution in [0.3, 0.4) is 0 Å². The lowest BCUT2D eigenvalue weighted by atomic mass is 10.0. The second-order valence-corrected chi connectivity index (χ2v) is 5.57. The first-order chi connectivity index (χ1) is 11.4. The smallest absolute Gasteiger partial charge is 0.322 e. The maximum atomic E-state index is 12.6. The van der Waals surface area contributed by atoms with Gasteiger partial charge in [0.1, 0.15) is 12.6 Å². The van der Waals surface area contributed by atoms with Crippen LogP contribution >= 0.6 is 0 Å². The van der Waals surface area contributed by atoms with Crippen molar-refractivity contribution < 1.29 is 29.4 Å². The number of nitrogens with one attached hydrogen (secondary N) is 2. The van der Waals surface area contributed by atoms with E-state index in [1.165, 1.54) is 6.07 Å². The van der Waals surface area contributed by atoms with Crippen molar-refractivity contribution in [3.63, 3.8) is 0 Å². The lowest BCUT2D eigenvalue weighted by Gasteiger charge is -2.32. The molecule has 4 N–H and O–H groups in total. The molecule has 0 radical (unpaired) electrons. The van der Waals surface area contributed by atoms with Gasteiger partial charge < -0.3 is 15.5 Å².